The summed E-state index contributed by atoms with van der Waals surface area (Å²) in [5.41, 5.74) is 1.07. The largest absolute Gasteiger partial charge is 0.311 e. The SMILES string of the molecule is CC(=O)SC1CC(=O)N(c2ccc(C)c([N+](=O)[O-])c2)C1. The van der Waals surface area contributed by atoms with E-state index in [-0.39, 0.29) is 28.4 Å². The Bertz CT molecular complexity index is 588. The molecule has 6 nitrogen and oxygen atoms in total. The highest BCUT2D eigenvalue weighted by atomic mass is 32.2. The van der Waals surface area contributed by atoms with Crippen molar-refractivity contribution in [3.63, 3.8) is 0 Å². The number of amides is 1. The van der Waals surface area contributed by atoms with Crippen LogP contribution in [0, 0.1) is 17.0 Å². The lowest BCUT2D eigenvalue weighted by Crippen LogP contribution is -2.25. The molecule has 0 spiro atoms. The summed E-state index contributed by atoms with van der Waals surface area (Å²) >= 11 is 1.14. The van der Waals surface area contributed by atoms with Crippen molar-refractivity contribution < 1.29 is 14.5 Å². The number of aryl methyl sites for hydroxylation is 1. The van der Waals surface area contributed by atoms with Crippen molar-refractivity contribution >= 4 is 34.2 Å². The molecule has 0 radical (unpaired) electrons. The number of carbonyl (C=O) groups excluding carboxylic acids is 2. The first-order chi connectivity index (χ1) is 9.38. The second-order valence-corrected chi connectivity index (χ2v) is 6.15. The summed E-state index contributed by atoms with van der Waals surface area (Å²) in [7, 11) is 0. The molecular weight excluding hydrogens is 280 g/mol. The van der Waals surface area contributed by atoms with Crippen LogP contribution in [0.4, 0.5) is 11.4 Å². The van der Waals surface area contributed by atoms with Crippen LogP contribution in [0.15, 0.2) is 18.2 Å². The van der Waals surface area contributed by atoms with Gasteiger partial charge in [-0.2, -0.15) is 0 Å². The molecule has 1 aliphatic heterocycles. The molecule has 2 rings (SSSR count). The molecule has 106 valence electrons. The van der Waals surface area contributed by atoms with E-state index in [0.717, 1.165) is 11.8 Å². The Hall–Kier alpha value is -1.89. The van der Waals surface area contributed by atoms with Gasteiger partial charge in [-0.15, -0.1) is 0 Å². The van der Waals surface area contributed by atoms with Crippen LogP contribution >= 0.6 is 11.8 Å². The monoisotopic (exact) mass is 294 g/mol. The molecule has 1 amide bonds. The normalized spacial score (nSPS) is 18.4. The molecule has 1 heterocycles. The van der Waals surface area contributed by atoms with Crippen molar-refractivity contribution in [1.29, 1.82) is 0 Å². The summed E-state index contributed by atoms with van der Waals surface area (Å²) in [6.07, 6.45) is 0.284. The smallest absolute Gasteiger partial charge is 0.274 e. The Morgan fingerprint density at radius 1 is 1.50 bits per heavy atom. The first-order valence-corrected chi connectivity index (χ1v) is 6.99. The summed E-state index contributed by atoms with van der Waals surface area (Å²) in [4.78, 5) is 35.0. The maximum atomic E-state index is 12.0. The van der Waals surface area contributed by atoms with E-state index in [9.17, 15) is 19.7 Å². The highest BCUT2D eigenvalue weighted by Gasteiger charge is 2.32. The molecule has 1 fully saturated rings. The average Bonchev–Trinajstić information content (AvgIpc) is 2.69. The maximum Gasteiger partial charge on any atom is 0.274 e. The minimum absolute atomic E-state index is 0.00188. The minimum Gasteiger partial charge on any atom is -0.311 e. The van der Waals surface area contributed by atoms with E-state index in [1.54, 1.807) is 19.1 Å². The summed E-state index contributed by atoms with van der Waals surface area (Å²) in [6.45, 7) is 3.53. The van der Waals surface area contributed by atoms with Gasteiger partial charge in [0.05, 0.1) is 10.6 Å². The average molecular weight is 294 g/mol. The summed E-state index contributed by atoms with van der Waals surface area (Å²) in [6, 6.07) is 4.74. The van der Waals surface area contributed by atoms with Gasteiger partial charge in [0.2, 0.25) is 5.91 Å². The van der Waals surface area contributed by atoms with E-state index < -0.39 is 4.92 Å². The number of benzene rings is 1. The molecule has 1 aliphatic rings. The molecular formula is C13H14N2O4S. The van der Waals surface area contributed by atoms with Gasteiger partial charge in [-0.3, -0.25) is 19.7 Å². The molecule has 0 N–H and O–H groups in total. The van der Waals surface area contributed by atoms with E-state index in [1.807, 2.05) is 0 Å². The molecule has 1 aromatic carbocycles. The first-order valence-electron chi connectivity index (χ1n) is 6.11. The number of rotatable bonds is 3. The van der Waals surface area contributed by atoms with Gasteiger partial charge in [0.1, 0.15) is 0 Å². The predicted molar refractivity (Wildman–Crippen MR) is 76.9 cm³/mol. The molecule has 0 bridgehead atoms. The number of nitro groups is 1. The maximum absolute atomic E-state index is 12.0. The number of anilines is 1. The van der Waals surface area contributed by atoms with Gasteiger partial charge in [-0.25, -0.2) is 0 Å². The zero-order chi connectivity index (χ0) is 14.9. The van der Waals surface area contributed by atoms with E-state index in [0.29, 0.717) is 17.8 Å². The van der Waals surface area contributed by atoms with Crippen molar-refractivity contribution in [3.8, 4) is 0 Å². The summed E-state index contributed by atoms with van der Waals surface area (Å²) < 4.78 is 0. The fourth-order valence-electron chi connectivity index (χ4n) is 2.20. The minimum atomic E-state index is -0.457. The van der Waals surface area contributed by atoms with Crippen LogP contribution < -0.4 is 4.90 Å². The number of carbonyl (C=O) groups is 2. The van der Waals surface area contributed by atoms with E-state index in [2.05, 4.69) is 0 Å². The Morgan fingerprint density at radius 3 is 2.80 bits per heavy atom. The molecule has 1 unspecified atom stereocenters. The van der Waals surface area contributed by atoms with Gasteiger partial charge >= 0.3 is 0 Å². The molecule has 1 atom stereocenters. The fourth-order valence-corrected chi connectivity index (χ4v) is 3.12. The molecule has 1 saturated heterocycles. The number of thioether (sulfide) groups is 1. The molecule has 1 aromatic rings. The van der Waals surface area contributed by atoms with Crippen LogP contribution in [0.25, 0.3) is 0 Å². The Labute approximate surface area is 120 Å². The van der Waals surface area contributed by atoms with Crippen LogP contribution in [0.2, 0.25) is 0 Å². The summed E-state index contributed by atoms with van der Waals surface area (Å²) in [5, 5.41) is 10.8. The fraction of sp³-hybridized carbons (Fsp3) is 0.385. The van der Waals surface area contributed by atoms with Crippen LogP contribution in [-0.4, -0.2) is 27.7 Å². The van der Waals surface area contributed by atoms with Crippen LogP contribution in [0.5, 0.6) is 0 Å². The van der Waals surface area contributed by atoms with Crippen LogP contribution in [0.1, 0.15) is 18.9 Å². The highest BCUT2D eigenvalue weighted by Crippen LogP contribution is 2.31. The Balaban J connectivity index is 2.24. The zero-order valence-corrected chi connectivity index (χ0v) is 12.0. The van der Waals surface area contributed by atoms with Gasteiger partial charge in [-0.05, 0) is 13.0 Å². The lowest BCUT2D eigenvalue weighted by atomic mass is 10.2. The van der Waals surface area contributed by atoms with Gasteiger partial charge in [0.15, 0.2) is 5.12 Å². The van der Waals surface area contributed by atoms with Crippen molar-refractivity contribution in [3.05, 3.63) is 33.9 Å². The molecule has 0 saturated carbocycles. The van der Waals surface area contributed by atoms with E-state index >= 15 is 0 Å². The van der Waals surface area contributed by atoms with Gasteiger partial charge in [-0.1, -0.05) is 17.8 Å². The Morgan fingerprint density at radius 2 is 2.20 bits per heavy atom. The molecule has 0 aliphatic carbocycles. The second-order valence-electron chi connectivity index (χ2n) is 4.67. The van der Waals surface area contributed by atoms with E-state index in [1.165, 1.54) is 17.9 Å². The van der Waals surface area contributed by atoms with Gasteiger partial charge < -0.3 is 4.90 Å². The number of nitrogens with zero attached hydrogens (tertiary/aromatic N) is 2. The topological polar surface area (TPSA) is 80.5 Å². The third-order valence-electron chi connectivity index (χ3n) is 3.12. The number of hydrogen-bond acceptors (Lipinski definition) is 5. The zero-order valence-electron chi connectivity index (χ0n) is 11.2. The predicted octanol–water partition coefficient (Wildman–Crippen LogP) is 2.29. The molecule has 7 heteroatoms. The van der Waals surface area contributed by atoms with Crippen LogP contribution in [0.3, 0.4) is 0 Å². The lowest BCUT2D eigenvalue weighted by molar-refractivity contribution is -0.385. The summed E-state index contributed by atoms with van der Waals surface area (Å²) in [5.74, 6) is -0.109. The number of hydrogen-bond donors (Lipinski definition) is 0. The van der Waals surface area contributed by atoms with Crippen molar-refractivity contribution in [2.45, 2.75) is 25.5 Å². The highest BCUT2D eigenvalue weighted by molar-refractivity contribution is 8.14. The van der Waals surface area contributed by atoms with Crippen molar-refractivity contribution in [1.82, 2.24) is 0 Å². The third-order valence-corrected chi connectivity index (χ3v) is 4.10. The molecule has 20 heavy (non-hydrogen) atoms. The van der Waals surface area contributed by atoms with Gasteiger partial charge in [0.25, 0.3) is 5.69 Å². The third kappa shape index (κ3) is 2.98. The number of nitro benzene ring substituents is 1. The van der Waals surface area contributed by atoms with Gasteiger partial charge in [0, 0.05) is 36.8 Å². The second kappa shape index (κ2) is 5.62. The standard InChI is InChI=1S/C13H14N2O4S/c1-8-3-4-10(5-12(8)15(18)19)14-7-11(6-13(14)17)20-9(2)16/h3-5,11H,6-7H2,1-2H3. The Kier molecular flexibility index (Phi) is 4.08. The van der Waals surface area contributed by atoms with E-state index in [4.69, 9.17) is 0 Å². The quantitative estimate of drug-likeness (QED) is 0.631. The van der Waals surface area contributed by atoms with Crippen molar-refractivity contribution in [2.24, 2.45) is 0 Å². The molecule has 0 aromatic heterocycles. The first kappa shape index (κ1) is 14.5. The lowest BCUT2D eigenvalue weighted by Gasteiger charge is -2.16. The van der Waals surface area contributed by atoms with Crippen molar-refractivity contribution in [2.75, 3.05) is 11.4 Å². The van der Waals surface area contributed by atoms with Crippen LogP contribution in [-0.2, 0) is 9.59 Å².